The van der Waals surface area contributed by atoms with E-state index < -0.39 is 0 Å². The van der Waals surface area contributed by atoms with Crippen molar-refractivity contribution in [1.82, 2.24) is 5.43 Å². The van der Waals surface area contributed by atoms with Gasteiger partial charge in [0.25, 0.3) is 0 Å². The van der Waals surface area contributed by atoms with Gasteiger partial charge in [-0.3, -0.25) is 5.84 Å². The van der Waals surface area contributed by atoms with Gasteiger partial charge in [-0.05, 0) is 42.7 Å². The van der Waals surface area contributed by atoms with Crippen LogP contribution in [0.4, 0.5) is 0 Å². The Morgan fingerprint density at radius 1 is 1.24 bits per heavy atom. The molecule has 0 aliphatic carbocycles. The van der Waals surface area contributed by atoms with Crippen molar-refractivity contribution in [3.05, 3.63) is 58.0 Å². The van der Waals surface area contributed by atoms with E-state index >= 15 is 0 Å². The highest BCUT2D eigenvalue weighted by atomic mass is 35.5. The first-order valence-electron chi connectivity index (χ1n) is 5.39. The van der Waals surface area contributed by atoms with Gasteiger partial charge in [-0.2, -0.15) is 0 Å². The number of hydrogen-bond acceptors (Lipinski definition) is 3. The molecule has 0 aliphatic heterocycles. The lowest BCUT2D eigenvalue weighted by Crippen LogP contribution is -2.29. The smallest absolute Gasteiger partial charge is 0.129 e. The van der Waals surface area contributed by atoms with Crippen molar-refractivity contribution in [3.8, 4) is 0 Å². The van der Waals surface area contributed by atoms with Crippen LogP contribution in [-0.4, -0.2) is 0 Å². The Balaban J connectivity index is 2.42. The first kappa shape index (κ1) is 12.2. The van der Waals surface area contributed by atoms with Gasteiger partial charge in [0, 0.05) is 5.02 Å². The third-order valence-corrected chi connectivity index (χ3v) is 3.27. The molecule has 1 heterocycles. The van der Waals surface area contributed by atoms with Crippen molar-refractivity contribution in [1.29, 1.82) is 0 Å². The fourth-order valence-electron chi connectivity index (χ4n) is 1.79. The van der Waals surface area contributed by atoms with Crippen LogP contribution in [0.5, 0.6) is 0 Å². The third-order valence-electron chi connectivity index (χ3n) is 2.86. The summed E-state index contributed by atoms with van der Waals surface area (Å²) >= 11 is 6.12. The van der Waals surface area contributed by atoms with E-state index in [1.165, 1.54) is 0 Å². The molecule has 0 aliphatic rings. The SMILES string of the molecule is Cc1ccc(C(NN)c2occc2C)cc1Cl. The number of hydrogen-bond donors (Lipinski definition) is 2. The molecule has 3 N–H and O–H groups in total. The summed E-state index contributed by atoms with van der Waals surface area (Å²) in [5, 5.41) is 0.729. The zero-order valence-electron chi connectivity index (χ0n) is 9.83. The second kappa shape index (κ2) is 4.92. The lowest BCUT2D eigenvalue weighted by atomic mass is 10.0. The first-order valence-corrected chi connectivity index (χ1v) is 5.77. The monoisotopic (exact) mass is 250 g/mol. The second-order valence-corrected chi connectivity index (χ2v) is 4.48. The fourth-order valence-corrected chi connectivity index (χ4v) is 1.98. The molecule has 2 aromatic rings. The van der Waals surface area contributed by atoms with Crippen molar-refractivity contribution in [2.75, 3.05) is 0 Å². The topological polar surface area (TPSA) is 51.2 Å². The molecule has 1 aromatic heterocycles. The molecule has 2 rings (SSSR count). The quantitative estimate of drug-likeness (QED) is 0.650. The summed E-state index contributed by atoms with van der Waals surface area (Å²) in [4.78, 5) is 0. The summed E-state index contributed by atoms with van der Waals surface area (Å²) in [5.41, 5.74) is 5.85. The van der Waals surface area contributed by atoms with Crippen molar-refractivity contribution < 1.29 is 4.42 Å². The molecule has 1 unspecified atom stereocenters. The Bertz CT molecular complexity index is 522. The minimum atomic E-state index is -0.178. The zero-order chi connectivity index (χ0) is 12.4. The Morgan fingerprint density at radius 2 is 2.00 bits per heavy atom. The van der Waals surface area contributed by atoms with E-state index in [0.29, 0.717) is 0 Å². The average molecular weight is 251 g/mol. The highest BCUT2D eigenvalue weighted by Gasteiger charge is 2.18. The zero-order valence-corrected chi connectivity index (χ0v) is 10.6. The molecule has 90 valence electrons. The van der Waals surface area contributed by atoms with Crippen molar-refractivity contribution in [2.24, 2.45) is 5.84 Å². The molecule has 17 heavy (non-hydrogen) atoms. The molecule has 0 saturated heterocycles. The number of furan rings is 1. The average Bonchev–Trinajstić information content (AvgIpc) is 2.71. The minimum Gasteiger partial charge on any atom is -0.467 e. The van der Waals surface area contributed by atoms with Gasteiger partial charge in [0.1, 0.15) is 11.8 Å². The Labute approximate surface area is 106 Å². The van der Waals surface area contributed by atoms with Crippen LogP contribution in [0, 0.1) is 13.8 Å². The standard InChI is InChI=1S/C13H15ClN2O/c1-8-3-4-10(7-11(8)14)12(16-15)13-9(2)5-6-17-13/h3-7,12,16H,15H2,1-2H3. The number of rotatable bonds is 3. The van der Waals surface area contributed by atoms with Crippen LogP contribution < -0.4 is 11.3 Å². The number of hydrazine groups is 1. The maximum Gasteiger partial charge on any atom is 0.129 e. The van der Waals surface area contributed by atoms with Gasteiger partial charge in [0.15, 0.2) is 0 Å². The van der Waals surface area contributed by atoms with E-state index in [-0.39, 0.29) is 6.04 Å². The molecule has 4 heteroatoms. The molecule has 0 spiro atoms. The number of nitrogens with one attached hydrogen (secondary N) is 1. The Hall–Kier alpha value is -1.29. The Morgan fingerprint density at radius 3 is 2.53 bits per heavy atom. The molecule has 0 radical (unpaired) electrons. The van der Waals surface area contributed by atoms with Gasteiger partial charge in [-0.25, -0.2) is 5.43 Å². The summed E-state index contributed by atoms with van der Waals surface area (Å²) in [6, 6.07) is 7.61. The molecule has 1 atom stereocenters. The lowest BCUT2D eigenvalue weighted by Gasteiger charge is -2.15. The predicted molar refractivity (Wildman–Crippen MR) is 68.8 cm³/mol. The van der Waals surface area contributed by atoms with E-state index in [1.54, 1.807) is 6.26 Å². The fraction of sp³-hybridized carbons (Fsp3) is 0.231. The van der Waals surface area contributed by atoms with E-state index in [1.807, 2.05) is 38.1 Å². The molecule has 1 aromatic carbocycles. The van der Waals surface area contributed by atoms with Crippen LogP contribution in [0.15, 0.2) is 34.9 Å². The number of nitrogens with two attached hydrogens (primary N) is 1. The van der Waals surface area contributed by atoms with Gasteiger partial charge in [0.05, 0.1) is 6.26 Å². The number of halogens is 1. The summed E-state index contributed by atoms with van der Waals surface area (Å²) in [5.74, 6) is 6.41. The summed E-state index contributed by atoms with van der Waals surface area (Å²) < 4.78 is 5.46. The number of aryl methyl sites for hydroxylation is 2. The molecular formula is C13H15ClN2O. The van der Waals surface area contributed by atoms with Crippen molar-refractivity contribution >= 4 is 11.6 Å². The Kier molecular flexibility index (Phi) is 3.52. The van der Waals surface area contributed by atoms with E-state index in [2.05, 4.69) is 5.43 Å². The molecular weight excluding hydrogens is 236 g/mol. The highest BCUT2D eigenvalue weighted by Crippen LogP contribution is 2.27. The lowest BCUT2D eigenvalue weighted by molar-refractivity contribution is 0.449. The molecule has 0 fully saturated rings. The van der Waals surface area contributed by atoms with Crippen LogP contribution >= 0.6 is 11.6 Å². The van der Waals surface area contributed by atoms with Gasteiger partial charge in [-0.15, -0.1) is 0 Å². The minimum absolute atomic E-state index is 0.178. The van der Waals surface area contributed by atoms with E-state index in [9.17, 15) is 0 Å². The van der Waals surface area contributed by atoms with Crippen LogP contribution in [0.2, 0.25) is 5.02 Å². The van der Waals surface area contributed by atoms with Crippen molar-refractivity contribution in [2.45, 2.75) is 19.9 Å². The van der Waals surface area contributed by atoms with Crippen LogP contribution in [0.1, 0.15) is 28.5 Å². The van der Waals surface area contributed by atoms with E-state index in [0.717, 1.165) is 27.5 Å². The third kappa shape index (κ3) is 2.36. The number of benzene rings is 1. The van der Waals surface area contributed by atoms with Gasteiger partial charge in [0.2, 0.25) is 0 Å². The normalized spacial score (nSPS) is 12.7. The van der Waals surface area contributed by atoms with Gasteiger partial charge in [-0.1, -0.05) is 23.7 Å². The highest BCUT2D eigenvalue weighted by molar-refractivity contribution is 6.31. The maximum atomic E-state index is 6.12. The maximum absolute atomic E-state index is 6.12. The molecule has 0 saturated carbocycles. The summed E-state index contributed by atoms with van der Waals surface area (Å²) in [6.07, 6.45) is 1.66. The molecule has 3 nitrogen and oxygen atoms in total. The van der Waals surface area contributed by atoms with Crippen LogP contribution in [0.3, 0.4) is 0 Å². The molecule has 0 bridgehead atoms. The first-order chi connectivity index (χ1) is 8.13. The van der Waals surface area contributed by atoms with E-state index in [4.69, 9.17) is 21.9 Å². The van der Waals surface area contributed by atoms with Crippen LogP contribution in [0.25, 0.3) is 0 Å². The summed E-state index contributed by atoms with van der Waals surface area (Å²) in [6.45, 7) is 3.95. The predicted octanol–water partition coefficient (Wildman–Crippen LogP) is 3.10. The second-order valence-electron chi connectivity index (χ2n) is 4.08. The largest absolute Gasteiger partial charge is 0.467 e. The summed E-state index contributed by atoms with van der Waals surface area (Å²) in [7, 11) is 0. The van der Waals surface area contributed by atoms with Gasteiger partial charge < -0.3 is 4.42 Å². The van der Waals surface area contributed by atoms with Gasteiger partial charge >= 0.3 is 0 Å². The molecule has 0 amide bonds. The van der Waals surface area contributed by atoms with Crippen molar-refractivity contribution in [3.63, 3.8) is 0 Å². The van der Waals surface area contributed by atoms with Crippen LogP contribution in [-0.2, 0) is 0 Å².